The topological polar surface area (TPSA) is 29.3 Å². The smallest absolute Gasteiger partial charge is 0.103 e. The number of nitrogens with two attached hydrogens (primary N) is 1. The third kappa shape index (κ3) is 2.41. The van der Waals surface area contributed by atoms with Gasteiger partial charge in [-0.15, -0.1) is 0 Å². The van der Waals surface area contributed by atoms with Crippen molar-refractivity contribution in [3.05, 3.63) is 65.2 Å². The molecule has 102 valence electrons. The van der Waals surface area contributed by atoms with Crippen LogP contribution < -0.4 is 10.6 Å². The minimum Gasteiger partial charge on any atom is -0.389 e. The second-order valence-electron chi connectivity index (χ2n) is 5.39. The Morgan fingerprint density at radius 2 is 1.90 bits per heavy atom. The summed E-state index contributed by atoms with van der Waals surface area (Å²) >= 11 is 4.98. The van der Waals surface area contributed by atoms with Crippen molar-refractivity contribution in [3.63, 3.8) is 0 Å². The number of rotatable bonds is 4. The summed E-state index contributed by atoms with van der Waals surface area (Å²) in [4.78, 5) is 2.75. The minimum atomic E-state index is 0.451. The van der Waals surface area contributed by atoms with Crippen molar-refractivity contribution in [2.45, 2.75) is 12.3 Å². The molecular weight excluding hydrogens is 264 g/mol. The highest BCUT2D eigenvalue weighted by molar-refractivity contribution is 7.80. The molecule has 1 aliphatic rings. The van der Waals surface area contributed by atoms with E-state index in [1.807, 2.05) is 12.1 Å². The van der Waals surface area contributed by atoms with Crippen molar-refractivity contribution in [1.29, 1.82) is 0 Å². The molecule has 0 amide bonds. The number of likely N-dealkylation sites (N-methyl/N-ethyl adjacent to an activating group) is 1. The summed E-state index contributed by atoms with van der Waals surface area (Å²) in [6.45, 7) is 1.05. The lowest BCUT2D eigenvalue weighted by Crippen LogP contribution is -2.30. The number of anilines is 1. The average Bonchev–Trinajstić information content (AvgIpc) is 2.44. The van der Waals surface area contributed by atoms with E-state index in [9.17, 15) is 0 Å². The van der Waals surface area contributed by atoms with Crippen LogP contribution in [-0.2, 0) is 6.42 Å². The number of benzene rings is 2. The van der Waals surface area contributed by atoms with Crippen LogP contribution in [0.25, 0.3) is 0 Å². The SMILES string of the molecule is CN(CC1Cc2ccccc21)c1ccc(C(N)=S)cc1. The van der Waals surface area contributed by atoms with E-state index < -0.39 is 0 Å². The van der Waals surface area contributed by atoms with Crippen LogP contribution >= 0.6 is 12.2 Å². The van der Waals surface area contributed by atoms with Gasteiger partial charge < -0.3 is 10.6 Å². The fourth-order valence-electron chi connectivity index (χ4n) is 2.84. The lowest BCUT2D eigenvalue weighted by molar-refractivity contribution is 0.601. The van der Waals surface area contributed by atoms with Gasteiger partial charge >= 0.3 is 0 Å². The second-order valence-corrected chi connectivity index (χ2v) is 5.83. The van der Waals surface area contributed by atoms with Gasteiger partial charge in [0, 0.05) is 30.8 Å². The second kappa shape index (κ2) is 5.25. The van der Waals surface area contributed by atoms with Crippen molar-refractivity contribution in [2.75, 3.05) is 18.5 Å². The van der Waals surface area contributed by atoms with Gasteiger partial charge in [-0.3, -0.25) is 0 Å². The van der Waals surface area contributed by atoms with Crippen molar-refractivity contribution in [3.8, 4) is 0 Å². The summed E-state index contributed by atoms with van der Waals surface area (Å²) in [6.07, 6.45) is 1.19. The van der Waals surface area contributed by atoms with Crippen LogP contribution in [0.4, 0.5) is 5.69 Å². The Bertz CT molecular complexity index is 634. The van der Waals surface area contributed by atoms with Gasteiger partial charge in [0.2, 0.25) is 0 Å². The molecule has 0 radical (unpaired) electrons. The van der Waals surface area contributed by atoms with Crippen LogP contribution in [0, 0.1) is 0 Å². The van der Waals surface area contributed by atoms with Crippen LogP contribution in [0.5, 0.6) is 0 Å². The molecule has 0 spiro atoms. The predicted molar refractivity (Wildman–Crippen MR) is 88.5 cm³/mol. The molecule has 3 heteroatoms. The fourth-order valence-corrected chi connectivity index (χ4v) is 2.98. The fraction of sp³-hybridized carbons (Fsp3) is 0.235. The summed E-state index contributed by atoms with van der Waals surface area (Å²) in [5.74, 6) is 0.645. The van der Waals surface area contributed by atoms with Gasteiger partial charge in [0.25, 0.3) is 0 Å². The first-order valence-corrected chi connectivity index (χ1v) is 7.25. The zero-order valence-corrected chi connectivity index (χ0v) is 12.4. The summed E-state index contributed by atoms with van der Waals surface area (Å²) in [7, 11) is 2.14. The number of thiocarbonyl (C=S) groups is 1. The molecule has 2 N–H and O–H groups in total. The number of hydrogen-bond acceptors (Lipinski definition) is 2. The van der Waals surface area contributed by atoms with Crippen molar-refractivity contribution in [2.24, 2.45) is 5.73 Å². The Hall–Kier alpha value is -1.87. The van der Waals surface area contributed by atoms with Crippen LogP contribution in [0.2, 0.25) is 0 Å². The van der Waals surface area contributed by atoms with E-state index in [1.54, 1.807) is 0 Å². The minimum absolute atomic E-state index is 0.451. The first-order chi connectivity index (χ1) is 9.65. The number of nitrogens with zero attached hydrogens (tertiary/aromatic N) is 1. The molecule has 1 aliphatic carbocycles. The molecule has 0 aliphatic heterocycles. The van der Waals surface area contributed by atoms with Gasteiger partial charge in [-0.05, 0) is 41.8 Å². The molecule has 0 fully saturated rings. The largest absolute Gasteiger partial charge is 0.389 e. The molecule has 2 aromatic rings. The zero-order chi connectivity index (χ0) is 14.1. The maximum atomic E-state index is 5.62. The molecule has 2 nitrogen and oxygen atoms in total. The van der Waals surface area contributed by atoms with Crippen LogP contribution in [0.1, 0.15) is 22.6 Å². The summed E-state index contributed by atoms with van der Waals surface area (Å²) in [6, 6.07) is 16.9. The number of fused-ring (bicyclic) bond motifs is 1. The first kappa shape index (κ1) is 13.1. The highest BCUT2D eigenvalue weighted by Gasteiger charge is 2.26. The first-order valence-electron chi connectivity index (χ1n) is 6.84. The summed E-state index contributed by atoms with van der Waals surface area (Å²) < 4.78 is 0. The van der Waals surface area contributed by atoms with Gasteiger partial charge in [0.15, 0.2) is 0 Å². The molecule has 1 unspecified atom stereocenters. The summed E-state index contributed by atoms with van der Waals surface area (Å²) in [5, 5.41) is 0. The summed E-state index contributed by atoms with van der Waals surface area (Å²) in [5.41, 5.74) is 10.7. The predicted octanol–water partition coefficient (Wildman–Crippen LogP) is 3.10. The van der Waals surface area contributed by atoms with Gasteiger partial charge in [0.05, 0.1) is 0 Å². The molecule has 1 atom stereocenters. The molecule has 20 heavy (non-hydrogen) atoms. The number of hydrogen-bond donors (Lipinski definition) is 1. The molecule has 0 bridgehead atoms. The Labute approximate surface area is 125 Å². The van der Waals surface area contributed by atoms with E-state index in [0.29, 0.717) is 10.9 Å². The Kier molecular flexibility index (Phi) is 3.45. The average molecular weight is 282 g/mol. The van der Waals surface area contributed by atoms with E-state index in [0.717, 1.165) is 12.1 Å². The van der Waals surface area contributed by atoms with Crippen LogP contribution in [0.15, 0.2) is 48.5 Å². The van der Waals surface area contributed by atoms with Crippen LogP contribution in [0.3, 0.4) is 0 Å². The maximum Gasteiger partial charge on any atom is 0.103 e. The van der Waals surface area contributed by atoms with E-state index in [4.69, 9.17) is 18.0 Å². The van der Waals surface area contributed by atoms with Crippen LogP contribution in [-0.4, -0.2) is 18.6 Å². The molecule has 0 saturated heterocycles. The van der Waals surface area contributed by atoms with E-state index in [-0.39, 0.29) is 0 Å². The Morgan fingerprint density at radius 3 is 2.55 bits per heavy atom. The third-order valence-electron chi connectivity index (χ3n) is 4.05. The van der Waals surface area contributed by atoms with Crippen molar-refractivity contribution in [1.82, 2.24) is 0 Å². The van der Waals surface area contributed by atoms with Gasteiger partial charge in [0.1, 0.15) is 4.99 Å². The molecule has 0 heterocycles. The molecule has 3 rings (SSSR count). The quantitative estimate of drug-likeness (QED) is 0.874. The van der Waals surface area contributed by atoms with Crippen molar-refractivity contribution >= 4 is 22.9 Å². The normalized spacial score (nSPS) is 16.1. The standard InChI is InChI=1S/C17H18N2S/c1-19(15-8-6-12(7-9-15)17(18)20)11-14-10-13-4-2-3-5-16(13)14/h2-9,14H,10-11H2,1H3,(H2,18,20). The van der Waals surface area contributed by atoms with E-state index in [2.05, 4.69) is 48.3 Å². The molecule has 0 aromatic heterocycles. The monoisotopic (exact) mass is 282 g/mol. The highest BCUT2D eigenvalue weighted by atomic mass is 32.1. The van der Waals surface area contributed by atoms with Crippen molar-refractivity contribution < 1.29 is 0 Å². The van der Waals surface area contributed by atoms with E-state index in [1.165, 1.54) is 23.2 Å². The Balaban J connectivity index is 1.68. The lowest BCUT2D eigenvalue weighted by atomic mass is 9.77. The highest BCUT2D eigenvalue weighted by Crippen LogP contribution is 2.35. The third-order valence-corrected chi connectivity index (χ3v) is 4.28. The van der Waals surface area contributed by atoms with Gasteiger partial charge in [-0.1, -0.05) is 36.5 Å². The molecule has 0 saturated carbocycles. The van der Waals surface area contributed by atoms with Gasteiger partial charge in [-0.2, -0.15) is 0 Å². The maximum absolute atomic E-state index is 5.62. The van der Waals surface area contributed by atoms with E-state index >= 15 is 0 Å². The Morgan fingerprint density at radius 1 is 1.20 bits per heavy atom. The molecule has 2 aromatic carbocycles. The molecular formula is C17H18N2S. The van der Waals surface area contributed by atoms with Gasteiger partial charge in [-0.25, -0.2) is 0 Å². The lowest BCUT2D eigenvalue weighted by Gasteiger charge is -2.34. The zero-order valence-electron chi connectivity index (χ0n) is 11.5.